The molecule has 0 bridgehead atoms. The summed E-state index contributed by atoms with van der Waals surface area (Å²) in [6.07, 6.45) is -0.871. The number of methoxy groups -OCH3 is 1. The van der Waals surface area contributed by atoms with Crippen molar-refractivity contribution >= 4 is 12.2 Å². The van der Waals surface area contributed by atoms with Crippen molar-refractivity contribution in [2.24, 2.45) is 0 Å². The monoisotopic (exact) mass is 354 g/mol. The van der Waals surface area contributed by atoms with E-state index in [2.05, 4.69) is 12.1 Å². The van der Waals surface area contributed by atoms with Gasteiger partial charge in [-0.1, -0.05) is 48.5 Å². The molecule has 0 aromatic heterocycles. The summed E-state index contributed by atoms with van der Waals surface area (Å²) in [4.78, 5) is 26.4. The van der Waals surface area contributed by atoms with E-state index in [0.29, 0.717) is 19.5 Å². The first-order valence-electron chi connectivity index (χ1n) is 8.51. The standard InChI is InChI=1S/C20H22N2O4/c1-21(19(23)24)12-7-13-22(20(25)26-2)18-16-10-5-3-8-14(16)15-9-4-6-11-17(15)18/h3-6,8-11,18H,7,12-13H2,1-2H3,(H,23,24). The maximum Gasteiger partial charge on any atom is 0.410 e. The number of benzene rings is 2. The second kappa shape index (κ2) is 7.47. The van der Waals surface area contributed by atoms with Crippen LogP contribution >= 0.6 is 0 Å². The van der Waals surface area contributed by atoms with Crippen molar-refractivity contribution in [3.63, 3.8) is 0 Å². The van der Waals surface area contributed by atoms with Crippen LogP contribution in [0.3, 0.4) is 0 Å². The third-order valence-corrected chi connectivity index (χ3v) is 4.74. The Balaban J connectivity index is 1.91. The molecule has 6 nitrogen and oxygen atoms in total. The number of nitrogens with zero attached hydrogens (tertiary/aromatic N) is 2. The summed E-state index contributed by atoms with van der Waals surface area (Å²) in [6, 6.07) is 15.8. The van der Waals surface area contributed by atoms with Gasteiger partial charge in [-0.05, 0) is 28.7 Å². The van der Waals surface area contributed by atoms with Gasteiger partial charge in [0.2, 0.25) is 0 Å². The predicted molar refractivity (Wildman–Crippen MR) is 98.1 cm³/mol. The zero-order valence-electron chi connectivity index (χ0n) is 14.9. The Bertz CT molecular complexity index is 775. The van der Waals surface area contributed by atoms with Gasteiger partial charge in [-0.15, -0.1) is 0 Å². The van der Waals surface area contributed by atoms with Crippen LogP contribution in [0.5, 0.6) is 0 Å². The number of carbonyl (C=O) groups is 2. The zero-order valence-corrected chi connectivity index (χ0v) is 14.9. The summed E-state index contributed by atoms with van der Waals surface area (Å²) in [5.74, 6) is 0. The van der Waals surface area contributed by atoms with Gasteiger partial charge in [0, 0.05) is 20.1 Å². The molecule has 2 aromatic rings. The van der Waals surface area contributed by atoms with Crippen LogP contribution in [0.2, 0.25) is 0 Å². The number of amides is 2. The Morgan fingerprint density at radius 2 is 1.54 bits per heavy atom. The van der Waals surface area contributed by atoms with E-state index in [1.807, 2.05) is 36.4 Å². The highest BCUT2D eigenvalue weighted by Crippen LogP contribution is 2.46. The Kier molecular flexibility index (Phi) is 5.11. The molecule has 0 aliphatic heterocycles. The minimum absolute atomic E-state index is 0.231. The lowest BCUT2D eigenvalue weighted by molar-refractivity contribution is 0.109. The fraction of sp³-hybridized carbons (Fsp3) is 0.300. The average Bonchev–Trinajstić information content (AvgIpc) is 2.99. The molecule has 136 valence electrons. The first kappa shape index (κ1) is 17.8. The van der Waals surface area contributed by atoms with Crippen LogP contribution in [0, 0.1) is 0 Å². The van der Waals surface area contributed by atoms with Crippen molar-refractivity contribution < 1.29 is 19.4 Å². The normalized spacial score (nSPS) is 12.2. The molecule has 1 N–H and O–H groups in total. The van der Waals surface area contributed by atoms with E-state index in [4.69, 9.17) is 9.84 Å². The maximum atomic E-state index is 12.5. The molecule has 0 saturated carbocycles. The fourth-order valence-corrected chi connectivity index (χ4v) is 3.48. The Morgan fingerprint density at radius 1 is 1.00 bits per heavy atom. The molecule has 0 atom stereocenters. The van der Waals surface area contributed by atoms with Crippen molar-refractivity contribution in [3.05, 3.63) is 59.7 Å². The van der Waals surface area contributed by atoms with Crippen molar-refractivity contribution in [2.75, 3.05) is 27.2 Å². The van der Waals surface area contributed by atoms with E-state index in [1.54, 1.807) is 4.90 Å². The molecule has 6 heteroatoms. The molecule has 0 spiro atoms. The summed E-state index contributed by atoms with van der Waals surface area (Å²) in [7, 11) is 2.89. The first-order valence-corrected chi connectivity index (χ1v) is 8.51. The summed E-state index contributed by atoms with van der Waals surface area (Å²) in [5, 5.41) is 9.00. The molecule has 26 heavy (non-hydrogen) atoms. The van der Waals surface area contributed by atoms with Gasteiger partial charge in [0.15, 0.2) is 0 Å². The second-order valence-corrected chi connectivity index (χ2v) is 6.30. The van der Waals surface area contributed by atoms with Gasteiger partial charge in [-0.3, -0.25) is 4.90 Å². The number of fused-ring (bicyclic) bond motifs is 3. The number of rotatable bonds is 5. The van der Waals surface area contributed by atoms with Gasteiger partial charge in [0.1, 0.15) is 0 Å². The lowest BCUT2D eigenvalue weighted by atomic mass is 10.0. The summed E-state index contributed by atoms with van der Waals surface area (Å²) >= 11 is 0. The van der Waals surface area contributed by atoms with Crippen molar-refractivity contribution in [1.82, 2.24) is 9.80 Å². The van der Waals surface area contributed by atoms with Gasteiger partial charge in [-0.25, -0.2) is 9.59 Å². The third-order valence-electron chi connectivity index (χ3n) is 4.74. The van der Waals surface area contributed by atoms with E-state index in [-0.39, 0.29) is 6.04 Å². The maximum absolute atomic E-state index is 12.5. The van der Waals surface area contributed by atoms with Gasteiger partial charge in [-0.2, -0.15) is 0 Å². The molecular weight excluding hydrogens is 332 g/mol. The Labute approximate surface area is 152 Å². The molecular formula is C20H22N2O4. The van der Waals surface area contributed by atoms with E-state index in [0.717, 1.165) is 22.3 Å². The molecule has 0 radical (unpaired) electrons. The number of carbonyl (C=O) groups excluding carboxylic acids is 1. The second-order valence-electron chi connectivity index (χ2n) is 6.30. The van der Waals surface area contributed by atoms with E-state index in [9.17, 15) is 9.59 Å². The Morgan fingerprint density at radius 3 is 2.04 bits per heavy atom. The van der Waals surface area contributed by atoms with E-state index >= 15 is 0 Å². The SMILES string of the molecule is COC(=O)N(CCCN(C)C(=O)O)C1c2ccccc2-c2ccccc21. The van der Waals surface area contributed by atoms with Gasteiger partial charge < -0.3 is 14.7 Å². The fourth-order valence-electron chi connectivity index (χ4n) is 3.48. The number of carboxylic acid groups (broad SMARTS) is 1. The molecule has 1 aliphatic carbocycles. The van der Waals surface area contributed by atoms with E-state index in [1.165, 1.54) is 19.1 Å². The number of ether oxygens (including phenoxy) is 1. The molecule has 1 aliphatic rings. The smallest absolute Gasteiger partial charge is 0.410 e. The molecule has 0 heterocycles. The van der Waals surface area contributed by atoms with Crippen molar-refractivity contribution in [2.45, 2.75) is 12.5 Å². The van der Waals surface area contributed by atoms with Crippen LogP contribution in [-0.2, 0) is 4.74 Å². The number of hydrogen-bond donors (Lipinski definition) is 1. The molecule has 2 amide bonds. The van der Waals surface area contributed by atoms with Crippen LogP contribution in [0.4, 0.5) is 9.59 Å². The average molecular weight is 354 g/mol. The molecule has 0 saturated heterocycles. The van der Waals surface area contributed by atoms with Gasteiger partial charge in [0.05, 0.1) is 13.2 Å². The summed E-state index contributed by atoms with van der Waals surface area (Å²) in [5.41, 5.74) is 4.35. The molecule has 3 rings (SSSR count). The topological polar surface area (TPSA) is 70.1 Å². The van der Waals surface area contributed by atoms with Gasteiger partial charge in [0.25, 0.3) is 0 Å². The quantitative estimate of drug-likeness (QED) is 0.886. The van der Waals surface area contributed by atoms with Gasteiger partial charge >= 0.3 is 12.2 Å². The van der Waals surface area contributed by atoms with Crippen LogP contribution in [0.25, 0.3) is 11.1 Å². The summed E-state index contributed by atoms with van der Waals surface area (Å²) in [6.45, 7) is 0.746. The van der Waals surface area contributed by atoms with Crippen molar-refractivity contribution in [1.29, 1.82) is 0 Å². The minimum atomic E-state index is -0.980. The first-order chi connectivity index (χ1) is 12.5. The largest absolute Gasteiger partial charge is 0.465 e. The summed E-state index contributed by atoms with van der Waals surface area (Å²) < 4.78 is 5.02. The highest BCUT2D eigenvalue weighted by atomic mass is 16.5. The molecule has 2 aromatic carbocycles. The third kappa shape index (κ3) is 3.22. The lowest BCUT2D eigenvalue weighted by Crippen LogP contribution is -2.37. The molecule has 0 unspecified atom stereocenters. The number of hydrogen-bond acceptors (Lipinski definition) is 3. The van der Waals surface area contributed by atoms with Crippen molar-refractivity contribution in [3.8, 4) is 11.1 Å². The zero-order chi connectivity index (χ0) is 18.7. The highest BCUT2D eigenvalue weighted by Gasteiger charge is 2.35. The van der Waals surface area contributed by atoms with Crippen LogP contribution < -0.4 is 0 Å². The van der Waals surface area contributed by atoms with Crippen LogP contribution in [-0.4, -0.2) is 54.3 Å². The Hall–Kier alpha value is -3.02. The van der Waals surface area contributed by atoms with Crippen LogP contribution in [0.15, 0.2) is 48.5 Å². The van der Waals surface area contributed by atoms with Crippen LogP contribution in [0.1, 0.15) is 23.6 Å². The molecule has 0 fully saturated rings. The highest BCUT2D eigenvalue weighted by molar-refractivity contribution is 5.81. The van der Waals surface area contributed by atoms with E-state index < -0.39 is 12.2 Å². The minimum Gasteiger partial charge on any atom is -0.465 e. The lowest BCUT2D eigenvalue weighted by Gasteiger charge is -2.29. The predicted octanol–water partition coefficient (Wildman–Crippen LogP) is 3.82.